The minimum atomic E-state index is -1.77. The Morgan fingerprint density at radius 3 is 1.22 bits per heavy atom. The van der Waals surface area contributed by atoms with Crippen molar-refractivity contribution >= 4 is 11.9 Å². The third kappa shape index (κ3) is 36.8. The van der Waals surface area contributed by atoms with E-state index in [1.165, 1.54) is 154 Å². The second-order valence-electron chi connectivity index (χ2n) is 22.6. The van der Waals surface area contributed by atoms with Crippen molar-refractivity contribution in [3.63, 3.8) is 0 Å². The SMILES string of the molecule is CCCCC/C=C\C/C=C\C/C=C\CCCCCCCCC(=O)OC(COC(=O)CCCCCCCCCCCCCCCCCCCCCCCCCC)COC1OC(COC2OC(CO)C(O)C(O)C2O)C(O)C(O)C1O. The first-order chi connectivity index (χ1) is 38.5. The van der Waals surface area contributed by atoms with Gasteiger partial charge < -0.3 is 64.2 Å². The van der Waals surface area contributed by atoms with Crippen LogP contribution in [0.25, 0.3) is 0 Å². The van der Waals surface area contributed by atoms with E-state index < -0.39 is 92.7 Å². The third-order valence-corrected chi connectivity index (χ3v) is 15.4. The quantitative estimate of drug-likeness (QED) is 0.0171. The first-order valence-corrected chi connectivity index (χ1v) is 32.1. The summed E-state index contributed by atoms with van der Waals surface area (Å²) in [5, 5.41) is 72.4. The fourth-order valence-electron chi connectivity index (χ4n) is 10.2. The first kappa shape index (κ1) is 72.8. The molecule has 7 N–H and O–H groups in total. The molecule has 462 valence electrons. The normalized spacial score (nSPS) is 24.1. The van der Waals surface area contributed by atoms with Crippen molar-refractivity contribution < 1.29 is 73.8 Å². The van der Waals surface area contributed by atoms with Crippen LogP contribution in [0.15, 0.2) is 36.5 Å². The van der Waals surface area contributed by atoms with Gasteiger partial charge in [0.05, 0.1) is 19.8 Å². The molecule has 0 spiro atoms. The molecular weight excluding hydrogens is 1010 g/mol. The number of aliphatic hydroxyl groups excluding tert-OH is 7. The molecule has 0 aromatic carbocycles. The zero-order valence-corrected chi connectivity index (χ0v) is 49.6. The molecule has 0 aromatic rings. The van der Waals surface area contributed by atoms with Crippen LogP contribution in [0.1, 0.15) is 264 Å². The molecule has 0 saturated carbocycles. The molecule has 0 radical (unpaired) electrons. The molecule has 2 saturated heterocycles. The summed E-state index contributed by atoms with van der Waals surface area (Å²) >= 11 is 0. The highest BCUT2D eigenvalue weighted by molar-refractivity contribution is 5.70. The van der Waals surface area contributed by atoms with E-state index in [0.29, 0.717) is 12.8 Å². The van der Waals surface area contributed by atoms with Crippen molar-refractivity contribution in [3.8, 4) is 0 Å². The standard InChI is InChI=1S/C64H116O15/c1-3-5-7-9-11-13-15-17-19-21-23-24-25-26-27-29-30-32-34-36-38-40-42-44-46-55(66)74-49-52(77-56(67)47-45-43-41-39-37-35-33-31-28-22-20-18-16-14-12-10-8-6-4-2)50-75-63-62(73)60(71)58(69)54(79-63)51-76-64-61(72)59(70)57(68)53(48-65)78-64/h12,14,18,20,28,31,52-54,57-65,68-73H,3-11,13,15-17,19,21-27,29-30,32-51H2,1-2H3/b14-12-,20-18-,31-28-. The fourth-order valence-corrected chi connectivity index (χ4v) is 10.2. The zero-order valence-electron chi connectivity index (χ0n) is 49.6. The minimum Gasteiger partial charge on any atom is -0.462 e. The molecule has 2 fully saturated rings. The molecule has 0 amide bonds. The Kier molecular flexibility index (Phi) is 46.3. The summed E-state index contributed by atoms with van der Waals surface area (Å²) in [7, 11) is 0. The van der Waals surface area contributed by atoms with Gasteiger partial charge in [-0.3, -0.25) is 9.59 Å². The van der Waals surface area contributed by atoms with E-state index in [9.17, 15) is 45.3 Å². The van der Waals surface area contributed by atoms with Crippen molar-refractivity contribution in [2.24, 2.45) is 0 Å². The molecule has 2 aliphatic rings. The summed E-state index contributed by atoms with van der Waals surface area (Å²) in [5.74, 6) is -0.926. The van der Waals surface area contributed by atoms with Gasteiger partial charge in [-0.15, -0.1) is 0 Å². The molecule has 11 atom stereocenters. The Bertz CT molecular complexity index is 1510. The highest BCUT2D eigenvalue weighted by Gasteiger charge is 2.47. The number of carbonyl (C=O) groups excluding carboxylic acids is 2. The Morgan fingerprint density at radius 1 is 0.405 bits per heavy atom. The van der Waals surface area contributed by atoms with Gasteiger partial charge in [0.1, 0.15) is 55.4 Å². The predicted molar refractivity (Wildman–Crippen MR) is 312 cm³/mol. The summed E-state index contributed by atoms with van der Waals surface area (Å²) < 4.78 is 33.8. The van der Waals surface area contributed by atoms with Crippen LogP contribution in [0.4, 0.5) is 0 Å². The van der Waals surface area contributed by atoms with Crippen molar-refractivity contribution in [1.29, 1.82) is 0 Å². The zero-order chi connectivity index (χ0) is 57.4. The average Bonchev–Trinajstić information content (AvgIpc) is 3.52. The molecule has 79 heavy (non-hydrogen) atoms. The number of aliphatic hydroxyl groups is 7. The summed E-state index contributed by atoms with van der Waals surface area (Å²) in [4.78, 5) is 26.0. The predicted octanol–water partition coefficient (Wildman–Crippen LogP) is 12.0. The number of allylic oxidation sites excluding steroid dienone is 6. The van der Waals surface area contributed by atoms with Crippen molar-refractivity contribution in [2.75, 3.05) is 26.4 Å². The number of hydrogen-bond donors (Lipinski definition) is 7. The highest BCUT2D eigenvalue weighted by Crippen LogP contribution is 2.27. The average molecular weight is 1130 g/mol. The van der Waals surface area contributed by atoms with Crippen LogP contribution in [-0.4, -0.2) is 142 Å². The molecular formula is C64H116O15. The lowest BCUT2D eigenvalue weighted by atomic mass is 9.98. The van der Waals surface area contributed by atoms with Gasteiger partial charge in [-0.05, 0) is 51.4 Å². The highest BCUT2D eigenvalue weighted by atomic mass is 16.7. The van der Waals surface area contributed by atoms with Crippen LogP contribution in [-0.2, 0) is 38.0 Å². The Morgan fingerprint density at radius 2 is 0.759 bits per heavy atom. The van der Waals surface area contributed by atoms with E-state index >= 15 is 0 Å². The van der Waals surface area contributed by atoms with Crippen molar-refractivity contribution in [2.45, 2.75) is 332 Å². The summed E-state index contributed by atoms with van der Waals surface area (Å²) in [6.45, 7) is 2.61. The van der Waals surface area contributed by atoms with Gasteiger partial charge in [0.25, 0.3) is 0 Å². The van der Waals surface area contributed by atoms with E-state index in [0.717, 1.165) is 70.6 Å². The second-order valence-corrected chi connectivity index (χ2v) is 22.6. The molecule has 2 aliphatic heterocycles. The molecule has 0 bridgehead atoms. The summed E-state index contributed by atoms with van der Waals surface area (Å²) in [5.41, 5.74) is 0. The third-order valence-electron chi connectivity index (χ3n) is 15.4. The lowest BCUT2D eigenvalue weighted by Crippen LogP contribution is -2.61. The van der Waals surface area contributed by atoms with Gasteiger partial charge in [-0.1, -0.05) is 237 Å². The molecule has 15 heteroatoms. The number of esters is 2. The van der Waals surface area contributed by atoms with E-state index in [1.807, 2.05) is 0 Å². The maximum atomic E-state index is 13.1. The van der Waals surface area contributed by atoms with Gasteiger partial charge in [0.2, 0.25) is 0 Å². The number of carbonyl (C=O) groups is 2. The van der Waals surface area contributed by atoms with E-state index in [1.54, 1.807) is 0 Å². The lowest BCUT2D eigenvalue weighted by molar-refractivity contribution is -0.332. The van der Waals surface area contributed by atoms with Crippen LogP contribution in [0.3, 0.4) is 0 Å². The smallest absolute Gasteiger partial charge is 0.306 e. The number of ether oxygens (including phenoxy) is 6. The van der Waals surface area contributed by atoms with Gasteiger partial charge in [-0.25, -0.2) is 0 Å². The molecule has 0 aliphatic carbocycles. The number of rotatable bonds is 52. The van der Waals surface area contributed by atoms with Crippen molar-refractivity contribution in [3.05, 3.63) is 36.5 Å². The van der Waals surface area contributed by atoms with Crippen molar-refractivity contribution in [1.82, 2.24) is 0 Å². The fraction of sp³-hybridized carbons (Fsp3) is 0.875. The lowest BCUT2D eigenvalue weighted by Gasteiger charge is -2.42. The van der Waals surface area contributed by atoms with Gasteiger partial charge in [0.15, 0.2) is 18.7 Å². The van der Waals surface area contributed by atoms with E-state index in [4.69, 9.17) is 28.4 Å². The largest absolute Gasteiger partial charge is 0.462 e. The van der Waals surface area contributed by atoms with E-state index in [2.05, 4.69) is 50.3 Å². The van der Waals surface area contributed by atoms with Crippen LogP contribution in [0, 0.1) is 0 Å². The van der Waals surface area contributed by atoms with Crippen LogP contribution in [0.5, 0.6) is 0 Å². The maximum Gasteiger partial charge on any atom is 0.306 e. The van der Waals surface area contributed by atoms with Gasteiger partial charge in [-0.2, -0.15) is 0 Å². The van der Waals surface area contributed by atoms with Gasteiger partial charge >= 0.3 is 11.9 Å². The van der Waals surface area contributed by atoms with Crippen LogP contribution < -0.4 is 0 Å². The number of hydrogen-bond acceptors (Lipinski definition) is 15. The Hall–Kier alpha value is -2.28. The molecule has 2 heterocycles. The van der Waals surface area contributed by atoms with Crippen LogP contribution >= 0.6 is 0 Å². The maximum absolute atomic E-state index is 13.1. The van der Waals surface area contributed by atoms with E-state index in [-0.39, 0.29) is 26.1 Å². The first-order valence-electron chi connectivity index (χ1n) is 32.1. The minimum absolute atomic E-state index is 0.152. The summed E-state index contributed by atoms with van der Waals surface area (Å²) in [6, 6.07) is 0. The Balaban J connectivity index is 1.70. The molecule has 15 nitrogen and oxygen atoms in total. The number of unbranched alkanes of at least 4 members (excludes halogenated alkanes) is 32. The summed E-state index contributed by atoms with van der Waals surface area (Å²) in [6.07, 6.45) is 41.7. The second kappa shape index (κ2) is 50.3. The molecule has 11 unspecified atom stereocenters. The molecule has 2 rings (SSSR count). The monoisotopic (exact) mass is 1120 g/mol. The topological polar surface area (TPSA) is 231 Å². The van der Waals surface area contributed by atoms with Crippen LogP contribution in [0.2, 0.25) is 0 Å². The molecule has 0 aromatic heterocycles. The Labute approximate surface area is 478 Å². The van der Waals surface area contributed by atoms with Gasteiger partial charge in [0, 0.05) is 12.8 Å².